The fraction of sp³-hybridized carbons (Fsp3) is 0.286. The third kappa shape index (κ3) is 4.70. The van der Waals surface area contributed by atoms with E-state index in [1.165, 1.54) is 23.3 Å². The van der Waals surface area contributed by atoms with Crippen LogP contribution >= 0.6 is 27.7 Å². The largest absolute Gasteiger partial charge is 0.394 e. The van der Waals surface area contributed by atoms with Gasteiger partial charge in [0.2, 0.25) is 0 Å². The van der Waals surface area contributed by atoms with Gasteiger partial charge < -0.3 is 24.9 Å². The number of hydrogen-bond acceptors (Lipinski definition) is 7. The van der Waals surface area contributed by atoms with Crippen LogP contribution in [0.4, 0.5) is 19.0 Å². The monoisotopic (exact) mass is 556 g/mol. The van der Waals surface area contributed by atoms with E-state index in [0.29, 0.717) is 9.37 Å². The molecule has 2 unspecified atom stereocenters. The number of pyridine rings is 1. The van der Waals surface area contributed by atoms with Crippen molar-refractivity contribution in [3.8, 4) is 11.1 Å². The Bertz CT molecular complexity index is 1230. The number of rotatable bonds is 5. The normalized spacial score (nSPS) is 24.7. The number of halogens is 4. The minimum Gasteiger partial charge on any atom is -0.394 e. The second kappa shape index (κ2) is 10.0. The molecular weight excluding hydrogens is 541 g/mol. The lowest BCUT2D eigenvalue weighted by Crippen LogP contribution is -2.54. The fourth-order valence-electron chi connectivity index (χ4n) is 3.56. The molecule has 0 saturated carbocycles. The molecule has 1 fully saturated rings. The molecule has 8 nitrogen and oxygen atoms in total. The zero-order valence-corrected chi connectivity index (χ0v) is 19.4. The molecule has 3 heterocycles. The van der Waals surface area contributed by atoms with Gasteiger partial charge in [0.05, 0.1) is 17.3 Å². The molecule has 34 heavy (non-hydrogen) atoms. The predicted molar refractivity (Wildman–Crippen MR) is 118 cm³/mol. The van der Waals surface area contributed by atoms with Gasteiger partial charge in [0.1, 0.15) is 36.0 Å². The molecule has 0 amide bonds. The van der Waals surface area contributed by atoms with Crippen molar-refractivity contribution in [1.29, 1.82) is 0 Å². The summed E-state index contributed by atoms with van der Waals surface area (Å²) in [5.74, 6) is -4.26. The van der Waals surface area contributed by atoms with Crippen molar-refractivity contribution < 1.29 is 33.2 Å². The number of aromatic nitrogens is 3. The van der Waals surface area contributed by atoms with Crippen molar-refractivity contribution >= 4 is 33.5 Å². The number of aliphatic hydroxyl groups is 3. The molecule has 4 rings (SSSR count). The van der Waals surface area contributed by atoms with Gasteiger partial charge in [0.15, 0.2) is 17.5 Å². The van der Waals surface area contributed by atoms with Crippen LogP contribution in [0.3, 0.4) is 0 Å². The topological polar surface area (TPSA) is 105 Å². The lowest BCUT2D eigenvalue weighted by atomic mass is 9.97. The summed E-state index contributed by atoms with van der Waals surface area (Å²) in [6.45, 7) is 6.72. The molecular formula is C21H16BrF3N4O4S. The van der Waals surface area contributed by atoms with E-state index in [1.54, 1.807) is 6.07 Å². The van der Waals surface area contributed by atoms with Crippen molar-refractivity contribution in [2.75, 3.05) is 6.61 Å². The molecule has 3 aromatic rings. The van der Waals surface area contributed by atoms with Crippen molar-refractivity contribution in [2.24, 2.45) is 0 Å². The molecule has 0 bridgehead atoms. The summed E-state index contributed by atoms with van der Waals surface area (Å²) >= 11 is 4.26. The number of hydrogen-bond donors (Lipinski definition) is 3. The maximum Gasteiger partial charge on any atom is 0.283 e. The Balaban J connectivity index is 1.66. The second-order valence-corrected chi connectivity index (χ2v) is 9.42. The summed E-state index contributed by atoms with van der Waals surface area (Å²) in [5.41, 5.74) is -0.819. The van der Waals surface area contributed by atoms with E-state index in [2.05, 4.69) is 30.9 Å². The second-order valence-electron chi connectivity index (χ2n) is 7.37. The van der Waals surface area contributed by atoms with Crippen LogP contribution in [0.2, 0.25) is 0 Å². The lowest BCUT2D eigenvalue weighted by Gasteiger charge is -2.42. The Morgan fingerprint density at radius 2 is 1.82 bits per heavy atom. The third-order valence-corrected chi connectivity index (χ3v) is 6.83. The standard InChI is InChI=1S/C21H16BrF3N4O4S/c1-26-20-15(4-11(22)6-27-20)34-21-19(32)17(18(31)14(8-30)33-21)29-7-10(5-28-29)9-2-12(23)16(25)13(24)3-9/h2-7,14,17-19,21,30-32H,8H2/t14?,17-,18-,19?,21+/m0/s1. The van der Waals surface area contributed by atoms with Gasteiger partial charge >= 0.3 is 0 Å². The smallest absolute Gasteiger partial charge is 0.283 e. The zero-order chi connectivity index (χ0) is 24.6. The highest BCUT2D eigenvalue weighted by Gasteiger charge is 2.46. The van der Waals surface area contributed by atoms with E-state index < -0.39 is 53.8 Å². The number of nitrogens with zero attached hydrogens (tertiary/aromatic N) is 4. The highest BCUT2D eigenvalue weighted by Crippen LogP contribution is 2.41. The van der Waals surface area contributed by atoms with Crippen LogP contribution in [0.5, 0.6) is 0 Å². The van der Waals surface area contributed by atoms with Crippen molar-refractivity contribution in [3.05, 3.63) is 70.1 Å². The number of benzene rings is 1. The highest BCUT2D eigenvalue weighted by atomic mass is 79.9. The fourth-order valence-corrected chi connectivity index (χ4v) is 5.19. The van der Waals surface area contributed by atoms with E-state index in [1.807, 2.05) is 0 Å². The van der Waals surface area contributed by atoms with Gasteiger partial charge in [-0.2, -0.15) is 5.10 Å². The minimum atomic E-state index is -1.60. The molecule has 1 aromatic carbocycles. The first kappa shape index (κ1) is 24.6. The van der Waals surface area contributed by atoms with Crippen molar-refractivity contribution in [2.45, 2.75) is 34.7 Å². The van der Waals surface area contributed by atoms with Crippen LogP contribution in [0.1, 0.15) is 6.04 Å². The maximum atomic E-state index is 13.7. The Kier molecular flexibility index (Phi) is 7.27. The van der Waals surface area contributed by atoms with Gasteiger partial charge in [-0.3, -0.25) is 4.68 Å². The predicted octanol–water partition coefficient (Wildman–Crippen LogP) is 3.45. The van der Waals surface area contributed by atoms with Gasteiger partial charge in [-0.25, -0.2) is 13.2 Å². The average Bonchev–Trinajstić information content (AvgIpc) is 3.29. The maximum absolute atomic E-state index is 13.7. The van der Waals surface area contributed by atoms with Crippen LogP contribution in [0.15, 0.2) is 46.2 Å². The third-order valence-electron chi connectivity index (χ3n) is 5.22. The van der Waals surface area contributed by atoms with Gasteiger partial charge in [-0.1, -0.05) is 6.57 Å². The lowest BCUT2D eigenvalue weighted by molar-refractivity contribution is -0.178. The van der Waals surface area contributed by atoms with Gasteiger partial charge in [-0.15, -0.1) is 16.7 Å². The van der Waals surface area contributed by atoms with Crippen molar-refractivity contribution in [1.82, 2.24) is 14.8 Å². The minimum absolute atomic E-state index is 0.00484. The van der Waals surface area contributed by atoms with E-state index in [9.17, 15) is 28.5 Å². The Morgan fingerprint density at radius 3 is 2.47 bits per heavy atom. The van der Waals surface area contributed by atoms with E-state index in [-0.39, 0.29) is 16.9 Å². The van der Waals surface area contributed by atoms with E-state index in [0.717, 1.165) is 23.9 Å². The SMILES string of the molecule is [C-]#[N+]c1ncc(Br)cc1S[C@H]1OC(CO)[C@H](O)[C@H](n2cc(-c3cc(F)c(F)c(F)c3)cn2)C1O. The Hall–Kier alpha value is -2.47. The summed E-state index contributed by atoms with van der Waals surface area (Å²) in [6.07, 6.45) is 0.144. The average molecular weight is 557 g/mol. The summed E-state index contributed by atoms with van der Waals surface area (Å²) in [4.78, 5) is 7.76. The van der Waals surface area contributed by atoms with Crippen LogP contribution in [0.25, 0.3) is 16.0 Å². The van der Waals surface area contributed by atoms with Gasteiger partial charge in [0, 0.05) is 16.7 Å². The van der Waals surface area contributed by atoms with Crippen LogP contribution in [-0.4, -0.2) is 60.4 Å². The zero-order valence-electron chi connectivity index (χ0n) is 17.0. The number of ether oxygens (including phenoxy) is 1. The van der Waals surface area contributed by atoms with Crippen molar-refractivity contribution in [3.63, 3.8) is 0 Å². The Labute approximate surface area is 204 Å². The quantitative estimate of drug-likeness (QED) is 0.326. The molecule has 178 valence electrons. The molecule has 0 spiro atoms. The molecule has 2 aromatic heterocycles. The molecule has 1 aliphatic heterocycles. The first-order valence-corrected chi connectivity index (χ1v) is 11.4. The molecule has 13 heteroatoms. The summed E-state index contributed by atoms with van der Waals surface area (Å²) in [5, 5.41) is 35.6. The van der Waals surface area contributed by atoms with E-state index in [4.69, 9.17) is 11.3 Å². The first-order chi connectivity index (χ1) is 16.2. The summed E-state index contributed by atoms with van der Waals surface area (Å²) < 4.78 is 48.1. The van der Waals surface area contributed by atoms with Gasteiger partial charge in [-0.05, 0) is 39.7 Å². The van der Waals surface area contributed by atoms with Gasteiger partial charge in [0.25, 0.3) is 5.82 Å². The molecule has 0 radical (unpaired) electrons. The van der Waals surface area contributed by atoms with Crippen LogP contribution < -0.4 is 0 Å². The Morgan fingerprint density at radius 1 is 1.12 bits per heavy atom. The van der Waals surface area contributed by atoms with Crippen LogP contribution in [0, 0.1) is 24.0 Å². The molecule has 5 atom stereocenters. The molecule has 1 aliphatic rings. The number of thioether (sulfide) groups is 1. The molecule has 0 aliphatic carbocycles. The summed E-state index contributed by atoms with van der Waals surface area (Å²) in [7, 11) is 0. The summed E-state index contributed by atoms with van der Waals surface area (Å²) in [6, 6.07) is 2.11. The molecule has 1 saturated heterocycles. The highest BCUT2D eigenvalue weighted by molar-refractivity contribution is 9.10. The van der Waals surface area contributed by atoms with Crippen LogP contribution in [-0.2, 0) is 4.74 Å². The van der Waals surface area contributed by atoms with E-state index >= 15 is 0 Å². The molecule has 3 N–H and O–H groups in total. The number of aliphatic hydroxyl groups excluding tert-OH is 3. The first-order valence-electron chi connectivity index (χ1n) is 9.74.